The van der Waals surface area contributed by atoms with E-state index < -0.39 is 0 Å². The van der Waals surface area contributed by atoms with Crippen LogP contribution in [-0.2, 0) is 12.8 Å². The van der Waals surface area contributed by atoms with Gasteiger partial charge < -0.3 is 5.73 Å². The summed E-state index contributed by atoms with van der Waals surface area (Å²) in [6, 6.07) is 6.50. The fourth-order valence-corrected chi connectivity index (χ4v) is 2.60. The van der Waals surface area contributed by atoms with Gasteiger partial charge in [-0.15, -0.1) is 5.10 Å². The number of halogens is 1. The van der Waals surface area contributed by atoms with Crippen LogP contribution in [0.2, 0.25) is 0 Å². The molecule has 18 heavy (non-hydrogen) atoms. The molecule has 0 spiro atoms. The highest BCUT2D eigenvalue weighted by Crippen LogP contribution is 2.23. The summed E-state index contributed by atoms with van der Waals surface area (Å²) in [7, 11) is 0. The van der Waals surface area contributed by atoms with Gasteiger partial charge >= 0.3 is 0 Å². The van der Waals surface area contributed by atoms with E-state index in [1.807, 2.05) is 6.07 Å². The summed E-state index contributed by atoms with van der Waals surface area (Å²) in [6.45, 7) is 2.09. The molecule has 3 nitrogen and oxygen atoms in total. The number of benzene rings is 1. The van der Waals surface area contributed by atoms with Gasteiger partial charge in [-0.05, 0) is 36.0 Å². The monoisotopic (exact) mass is 265 g/mol. The summed E-state index contributed by atoms with van der Waals surface area (Å²) in [5.74, 6) is -0.206. The molecule has 2 rings (SSSR count). The highest BCUT2D eigenvalue weighted by atomic mass is 32.1. The van der Waals surface area contributed by atoms with Crippen LogP contribution < -0.4 is 5.73 Å². The summed E-state index contributed by atoms with van der Waals surface area (Å²) in [5, 5.41) is 4.09. The van der Waals surface area contributed by atoms with Gasteiger partial charge in [0.25, 0.3) is 0 Å². The van der Waals surface area contributed by atoms with Gasteiger partial charge in [-0.3, -0.25) is 0 Å². The third kappa shape index (κ3) is 2.91. The molecule has 1 aromatic heterocycles. The Kier molecular flexibility index (Phi) is 4.38. The van der Waals surface area contributed by atoms with Crippen LogP contribution in [0, 0.1) is 5.82 Å². The zero-order valence-electron chi connectivity index (χ0n) is 10.3. The molecule has 0 fully saturated rings. The number of rotatable bonds is 5. The zero-order chi connectivity index (χ0) is 13.0. The minimum atomic E-state index is -0.233. The number of hydrogen-bond acceptors (Lipinski definition) is 4. The second-order valence-corrected chi connectivity index (χ2v) is 5.02. The van der Waals surface area contributed by atoms with Gasteiger partial charge in [0.15, 0.2) is 0 Å². The lowest BCUT2D eigenvalue weighted by atomic mass is 10.0. The van der Waals surface area contributed by atoms with E-state index in [1.54, 1.807) is 12.1 Å². The van der Waals surface area contributed by atoms with Crippen molar-refractivity contribution in [3.05, 3.63) is 46.2 Å². The molecule has 1 aromatic carbocycles. The minimum absolute atomic E-state index is 0.206. The molecule has 0 radical (unpaired) electrons. The van der Waals surface area contributed by atoms with Crippen molar-refractivity contribution in [2.24, 2.45) is 5.73 Å². The molecule has 2 aromatic rings. The van der Waals surface area contributed by atoms with E-state index in [2.05, 4.69) is 16.5 Å². The van der Waals surface area contributed by atoms with Crippen LogP contribution in [-0.4, -0.2) is 9.59 Å². The van der Waals surface area contributed by atoms with Crippen LogP contribution in [0.4, 0.5) is 4.39 Å². The molecule has 0 aliphatic carbocycles. The molecule has 2 N–H and O–H groups in total. The van der Waals surface area contributed by atoms with Crippen molar-refractivity contribution in [3.63, 3.8) is 0 Å². The maximum Gasteiger partial charge on any atom is 0.126 e. The molecule has 0 bridgehead atoms. The predicted molar refractivity (Wildman–Crippen MR) is 70.9 cm³/mol. The second kappa shape index (κ2) is 6.02. The zero-order valence-corrected chi connectivity index (χ0v) is 11.1. The molecule has 1 unspecified atom stereocenters. The Morgan fingerprint density at radius 2 is 2.17 bits per heavy atom. The molecular weight excluding hydrogens is 249 g/mol. The standard InChI is InChI=1S/C13H16FN3S/c1-2-5-12-13(18-17-16-12)11(15)8-9-6-3-4-7-10(9)14/h3-4,6-7,11H,2,5,8,15H2,1H3. The first-order valence-corrected chi connectivity index (χ1v) is 6.79. The highest BCUT2D eigenvalue weighted by molar-refractivity contribution is 7.05. The Hall–Kier alpha value is -1.33. The first-order valence-electron chi connectivity index (χ1n) is 6.02. The topological polar surface area (TPSA) is 51.8 Å². The Morgan fingerprint density at radius 1 is 1.39 bits per heavy atom. The lowest BCUT2D eigenvalue weighted by Gasteiger charge is -2.11. The van der Waals surface area contributed by atoms with E-state index in [0.29, 0.717) is 12.0 Å². The molecule has 1 atom stereocenters. The maximum absolute atomic E-state index is 13.6. The van der Waals surface area contributed by atoms with Crippen LogP contribution in [0.3, 0.4) is 0 Å². The van der Waals surface area contributed by atoms with Gasteiger partial charge in [-0.25, -0.2) is 4.39 Å². The molecule has 0 amide bonds. The lowest BCUT2D eigenvalue weighted by Crippen LogP contribution is -2.14. The average molecular weight is 265 g/mol. The van der Waals surface area contributed by atoms with Gasteiger partial charge in [0.05, 0.1) is 10.6 Å². The summed E-state index contributed by atoms with van der Waals surface area (Å²) in [6.07, 6.45) is 2.36. The van der Waals surface area contributed by atoms with Gasteiger partial charge in [0.1, 0.15) is 5.82 Å². The van der Waals surface area contributed by atoms with E-state index >= 15 is 0 Å². The number of nitrogens with two attached hydrogens (primary N) is 1. The highest BCUT2D eigenvalue weighted by Gasteiger charge is 2.16. The fourth-order valence-electron chi connectivity index (χ4n) is 1.90. The van der Waals surface area contributed by atoms with Crippen LogP contribution in [0.1, 0.15) is 35.5 Å². The first kappa shape index (κ1) is 13.1. The van der Waals surface area contributed by atoms with Crippen LogP contribution in [0.25, 0.3) is 0 Å². The average Bonchev–Trinajstić information content (AvgIpc) is 2.81. The normalized spacial score (nSPS) is 12.6. The van der Waals surface area contributed by atoms with Crippen molar-refractivity contribution in [1.82, 2.24) is 9.59 Å². The number of aryl methyl sites for hydroxylation is 1. The predicted octanol–water partition coefficient (Wildman–Crippen LogP) is 2.87. The number of nitrogens with zero attached hydrogens (tertiary/aromatic N) is 2. The summed E-state index contributed by atoms with van der Waals surface area (Å²) < 4.78 is 17.5. The largest absolute Gasteiger partial charge is 0.323 e. The van der Waals surface area contributed by atoms with Crippen molar-refractivity contribution in [3.8, 4) is 0 Å². The number of aromatic nitrogens is 2. The summed E-state index contributed by atoms with van der Waals surface area (Å²) in [4.78, 5) is 0.972. The summed E-state index contributed by atoms with van der Waals surface area (Å²) in [5.41, 5.74) is 7.73. The first-order chi connectivity index (χ1) is 8.72. The van der Waals surface area contributed by atoms with Gasteiger partial charge in [-0.2, -0.15) is 0 Å². The lowest BCUT2D eigenvalue weighted by molar-refractivity contribution is 0.593. The smallest absolute Gasteiger partial charge is 0.126 e. The van der Waals surface area contributed by atoms with Crippen molar-refractivity contribution in [1.29, 1.82) is 0 Å². The maximum atomic E-state index is 13.6. The summed E-state index contributed by atoms with van der Waals surface area (Å²) >= 11 is 1.31. The minimum Gasteiger partial charge on any atom is -0.323 e. The molecule has 96 valence electrons. The van der Waals surface area contributed by atoms with Crippen LogP contribution in [0.15, 0.2) is 24.3 Å². The van der Waals surface area contributed by atoms with Crippen molar-refractivity contribution >= 4 is 11.5 Å². The molecule has 5 heteroatoms. The van der Waals surface area contributed by atoms with Crippen molar-refractivity contribution < 1.29 is 4.39 Å². The Labute approximate surface area is 110 Å². The van der Waals surface area contributed by atoms with Crippen LogP contribution >= 0.6 is 11.5 Å². The van der Waals surface area contributed by atoms with Gasteiger partial charge in [0, 0.05) is 6.04 Å². The van der Waals surface area contributed by atoms with E-state index in [4.69, 9.17) is 5.73 Å². The molecular formula is C13H16FN3S. The van der Waals surface area contributed by atoms with Gasteiger partial charge in [-0.1, -0.05) is 36.0 Å². The second-order valence-electron chi connectivity index (χ2n) is 4.24. The van der Waals surface area contributed by atoms with E-state index in [9.17, 15) is 4.39 Å². The van der Waals surface area contributed by atoms with Crippen LogP contribution in [0.5, 0.6) is 0 Å². The fraction of sp³-hybridized carbons (Fsp3) is 0.385. The van der Waals surface area contributed by atoms with Gasteiger partial charge in [0.2, 0.25) is 0 Å². The van der Waals surface area contributed by atoms with Crippen molar-refractivity contribution in [2.45, 2.75) is 32.2 Å². The molecule has 1 heterocycles. The van der Waals surface area contributed by atoms with Crippen molar-refractivity contribution in [2.75, 3.05) is 0 Å². The van der Waals surface area contributed by atoms with E-state index in [1.165, 1.54) is 17.6 Å². The molecule has 0 saturated carbocycles. The molecule has 0 saturated heterocycles. The Morgan fingerprint density at radius 3 is 2.89 bits per heavy atom. The SMILES string of the molecule is CCCc1nnsc1C(N)Cc1ccccc1F. The Balaban J connectivity index is 2.14. The third-order valence-electron chi connectivity index (χ3n) is 2.81. The molecule has 0 aliphatic heterocycles. The Bertz CT molecular complexity index is 512. The third-order valence-corrected chi connectivity index (χ3v) is 3.70. The van der Waals surface area contributed by atoms with E-state index in [0.717, 1.165) is 23.4 Å². The van der Waals surface area contributed by atoms with E-state index in [-0.39, 0.29) is 11.9 Å². The quantitative estimate of drug-likeness (QED) is 0.904. The number of hydrogen-bond donors (Lipinski definition) is 1. The molecule has 0 aliphatic rings.